The molecule has 0 spiro atoms. The fourth-order valence-electron chi connectivity index (χ4n) is 2.72. The number of nitrogens with two attached hydrogens (primary N) is 1. The number of phosphoric acid groups is 1. The van der Waals surface area contributed by atoms with Gasteiger partial charge in [-0.3, -0.25) is 0 Å². The third kappa shape index (κ3) is 2.88. The van der Waals surface area contributed by atoms with Crippen LogP contribution in [0.25, 0.3) is 5.52 Å². The van der Waals surface area contributed by atoms with E-state index in [-0.39, 0.29) is 11.5 Å². The van der Waals surface area contributed by atoms with Gasteiger partial charge in [0.1, 0.15) is 36.2 Å². The fraction of sp³-hybridized carbons (Fsp3) is 0.417. The van der Waals surface area contributed by atoms with Gasteiger partial charge in [0, 0.05) is 0 Å². The van der Waals surface area contributed by atoms with Crippen LogP contribution in [0.2, 0.25) is 0 Å². The topological polar surface area (TPSA) is 202 Å². The van der Waals surface area contributed by atoms with Gasteiger partial charge in [0.05, 0.1) is 20.1 Å². The SMILES string of the molecule is N#C[C@@]1(c2ccc3c(N)ncnn23)O[C@H](COP(=O)([O-])[O-])[C@@H](O)[C@H]1O. The molecular formula is C12H12N5O7P-2. The van der Waals surface area contributed by atoms with E-state index >= 15 is 0 Å². The highest BCUT2D eigenvalue weighted by molar-refractivity contribution is 7.43. The van der Waals surface area contributed by atoms with Crippen molar-refractivity contribution in [2.45, 2.75) is 23.9 Å². The molecule has 1 saturated heterocycles. The van der Waals surface area contributed by atoms with Crippen molar-refractivity contribution in [1.82, 2.24) is 14.6 Å². The Kier molecular flexibility index (Phi) is 4.26. The van der Waals surface area contributed by atoms with E-state index in [4.69, 9.17) is 10.5 Å². The van der Waals surface area contributed by atoms with Crippen molar-refractivity contribution < 1.29 is 33.8 Å². The lowest BCUT2D eigenvalue weighted by Gasteiger charge is -2.30. The molecule has 134 valence electrons. The Morgan fingerprint density at radius 1 is 1.52 bits per heavy atom. The summed E-state index contributed by atoms with van der Waals surface area (Å²) in [5.74, 6) is 0.112. The highest BCUT2D eigenvalue weighted by Gasteiger charge is 2.57. The molecule has 2 aromatic heterocycles. The van der Waals surface area contributed by atoms with E-state index in [0.717, 1.165) is 6.33 Å². The van der Waals surface area contributed by atoms with Gasteiger partial charge in [-0.15, -0.1) is 0 Å². The second kappa shape index (κ2) is 6.01. The summed E-state index contributed by atoms with van der Waals surface area (Å²) in [6.07, 6.45) is -3.76. The Labute approximate surface area is 140 Å². The maximum absolute atomic E-state index is 10.6. The number of rotatable bonds is 4. The van der Waals surface area contributed by atoms with E-state index in [1.807, 2.05) is 0 Å². The molecule has 25 heavy (non-hydrogen) atoms. The zero-order valence-electron chi connectivity index (χ0n) is 12.4. The average molecular weight is 369 g/mol. The highest BCUT2D eigenvalue weighted by atomic mass is 31.2. The van der Waals surface area contributed by atoms with Gasteiger partial charge >= 0.3 is 0 Å². The second-order valence-electron chi connectivity index (χ2n) is 5.34. The van der Waals surface area contributed by atoms with E-state index < -0.39 is 38.3 Å². The molecule has 3 heterocycles. The number of ether oxygens (including phenoxy) is 1. The number of anilines is 1. The normalized spacial score (nSPS) is 29.8. The maximum Gasteiger partial charge on any atom is 0.225 e. The quantitative estimate of drug-likeness (QED) is 0.463. The maximum atomic E-state index is 10.6. The van der Waals surface area contributed by atoms with Gasteiger partial charge in [-0.05, 0) is 12.1 Å². The Hall–Kier alpha value is -2.10. The highest BCUT2D eigenvalue weighted by Crippen LogP contribution is 2.41. The summed E-state index contributed by atoms with van der Waals surface area (Å²) in [6.45, 7) is -0.855. The zero-order chi connectivity index (χ0) is 18.4. The van der Waals surface area contributed by atoms with E-state index in [2.05, 4.69) is 14.6 Å². The van der Waals surface area contributed by atoms with Crippen molar-refractivity contribution in [3.8, 4) is 6.07 Å². The Morgan fingerprint density at radius 2 is 2.24 bits per heavy atom. The molecule has 1 aliphatic heterocycles. The first-order valence-corrected chi connectivity index (χ1v) is 8.36. The first-order valence-electron chi connectivity index (χ1n) is 6.90. The van der Waals surface area contributed by atoms with Crippen molar-refractivity contribution in [2.24, 2.45) is 0 Å². The summed E-state index contributed by atoms with van der Waals surface area (Å²) in [6, 6.07) is 4.65. The average Bonchev–Trinajstić information content (AvgIpc) is 3.08. The van der Waals surface area contributed by atoms with E-state index in [9.17, 15) is 29.8 Å². The molecule has 0 amide bonds. The Balaban J connectivity index is 2.01. The van der Waals surface area contributed by atoms with Crippen molar-refractivity contribution in [2.75, 3.05) is 12.3 Å². The Bertz CT molecular complexity index is 892. The summed E-state index contributed by atoms with van der Waals surface area (Å²) in [4.78, 5) is 25.0. The van der Waals surface area contributed by atoms with E-state index in [0.29, 0.717) is 5.52 Å². The van der Waals surface area contributed by atoms with E-state index in [1.165, 1.54) is 16.6 Å². The third-order valence-corrected chi connectivity index (χ3v) is 4.35. The van der Waals surface area contributed by atoms with Crippen molar-refractivity contribution in [3.05, 3.63) is 24.2 Å². The number of aliphatic hydroxyl groups excluding tert-OH is 2. The van der Waals surface area contributed by atoms with Crippen molar-refractivity contribution in [3.63, 3.8) is 0 Å². The smallest absolute Gasteiger partial charge is 0.225 e. The monoisotopic (exact) mass is 369 g/mol. The number of phosphoric ester groups is 1. The molecular weight excluding hydrogens is 357 g/mol. The number of hydrogen-bond donors (Lipinski definition) is 3. The predicted molar refractivity (Wildman–Crippen MR) is 75.1 cm³/mol. The number of fused-ring (bicyclic) bond motifs is 1. The van der Waals surface area contributed by atoms with Gasteiger partial charge in [-0.1, -0.05) is 0 Å². The largest absolute Gasteiger partial charge is 0.790 e. The molecule has 0 aliphatic carbocycles. The molecule has 4 N–H and O–H groups in total. The summed E-state index contributed by atoms with van der Waals surface area (Å²) in [7, 11) is -5.32. The summed E-state index contributed by atoms with van der Waals surface area (Å²) < 4.78 is 21.3. The van der Waals surface area contributed by atoms with Gasteiger partial charge in [0.25, 0.3) is 0 Å². The lowest BCUT2D eigenvalue weighted by molar-refractivity contribution is -0.343. The second-order valence-corrected chi connectivity index (χ2v) is 6.50. The molecule has 0 unspecified atom stereocenters. The number of nitrogens with zero attached hydrogens (tertiary/aromatic N) is 4. The number of nitriles is 1. The number of hydrogen-bond acceptors (Lipinski definition) is 11. The molecule has 4 atom stereocenters. The minimum absolute atomic E-state index is 0.0422. The van der Waals surface area contributed by atoms with Crippen LogP contribution < -0.4 is 15.5 Å². The van der Waals surface area contributed by atoms with Crippen LogP contribution in [-0.4, -0.2) is 49.7 Å². The molecule has 12 nitrogen and oxygen atoms in total. The van der Waals surface area contributed by atoms with Crippen LogP contribution in [-0.2, 0) is 19.4 Å². The molecule has 0 aromatic carbocycles. The molecule has 0 radical (unpaired) electrons. The zero-order valence-corrected chi connectivity index (χ0v) is 13.3. The Morgan fingerprint density at radius 3 is 2.88 bits per heavy atom. The molecule has 13 heteroatoms. The van der Waals surface area contributed by atoms with Crippen LogP contribution in [0.4, 0.5) is 5.82 Å². The van der Waals surface area contributed by atoms with Crippen LogP contribution in [0.5, 0.6) is 0 Å². The van der Waals surface area contributed by atoms with Gasteiger partial charge in [-0.25, -0.2) is 9.50 Å². The summed E-state index contributed by atoms with van der Waals surface area (Å²) in [5.41, 5.74) is 4.00. The molecule has 1 aliphatic rings. The fourth-order valence-corrected chi connectivity index (χ4v) is 3.04. The first-order chi connectivity index (χ1) is 11.7. The molecule has 3 rings (SSSR count). The van der Waals surface area contributed by atoms with Crippen molar-refractivity contribution >= 4 is 19.2 Å². The van der Waals surface area contributed by atoms with Gasteiger partial charge < -0.3 is 39.6 Å². The van der Waals surface area contributed by atoms with E-state index in [1.54, 1.807) is 6.07 Å². The minimum Gasteiger partial charge on any atom is -0.790 e. The number of nitrogen functional groups attached to an aromatic ring is 1. The lowest BCUT2D eigenvalue weighted by atomic mass is 9.92. The standard InChI is InChI=1S/C12H14N5O7P/c13-4-12(8-2-1-6-11(14)15-5-16-17(6)8)10(19)9(18)7(24-12)3-23-25(20,21)22/h1-2,5,7,9-10,18-19H,3H2,(H2,14,15,16)(H2,20,21,22)/p-2/t7-,9-,10-,12+/m1/s1. The van der Waals surface area contributed by atoms with Crippen LogP contribution in [0.15, 0.2) is 18.5 Å². The minimum atomic E-state index is -5.32. The first kappa shape index (κ1) is 17.7. The van der Waals surface area contributed by atoms with Crippen molar-refractivity contribution in [1.29, 1.82) is 5.26 Å². The molecule has 1 fully saturated rings. The molecule has 0 bridgehead atoms. The van der Waals surface area contributed by atoms with Gasteiger partial charge in [0.2, 0.25) is 5.60 Å². The van der Waals surface area contributed by atoms with Crippen LogP contribution in [0.3, 0.4) is 0 Å². The van der Waals surface area contributed by atoms with Gasteiger partial charge in [-0.2, -0.15) is 10.4 Å². The van der Waals surface area contributed by atoms with Crippen LogP contribution in [0, 0.1) is 11.3 Å². The van der Waals surface area contributed by atoms with Gasteiger partial charge in [0.15, 0.2) is 5.82 Å². The lowest BCUT2D eigenvalue weighted by Crippen LogP contribution is -2.41. The number of aromatic nitrogens is 3. The van der Waals surface area contributed by atoms with Crippen LogP contribution in [0.1, 0.15) is 5.69 Å². The predicted octanol–water partition coefficient (Wildman–Crippen LogP) is -3.00. The summed E-state index contributed by atoms with van der Waals surface area (Å²) in [5, 5.41) is 34.0. The molecule has 2 aromatic rings. The summed E-state index contributed by atoms with van der Waals surface area (Å²) >= 11 is 0. The molecule has 0 saturated carbocycles. The number of aliphatic hydroxyl groups is 2. The third-order valence-electron chi connectivity index (χ3n) is 3.88. The van der Waals surface area contributed by atoms with Crippen LogP contribution >= 0.6 is 7.82 Å².